The van der Waals surface area contributed by atoms with E-state index >= 15 is 0 Å². The quantitative estimate of drug-likeness (QED) is 0.177. The monoisotopic (exact) mass is 683 g/mol. The molecular weight excluding hydrogens is 651 g/mol. The average Bonchev–Trinajstić information content (AvgIpc) is 3.71. The van der Waals surface area contributed by atoms with E-state index in [0.29, 0.717) is 0 Å². The molecule has 3 aliphatic rings. The average molecular weight is 684 g/mol. The second-order valence-corrected chi connectivity index (χ2v) is 15.0. The molecule has 0 saturated carbocycles. The molecule has 0 unspecified atom stereocenters. The van der Waals surface area contributed by atoms with Crippen molar-refractivity contribution in [3.05, 3.63) is 245 Å². The van der Waals surface area contributed by atoms with Gasteiger partial charge in [0.15, 0.2) is 0 Å². The summed E-state index contributed by atoms with van der Waals surface area (Å²) in [6, 6.07) is 74.7. The minimum atomic E-state index is -0.510. The summed E-state index contributed by atoms with van der Waals surface area (Å²) in [6.45, 7) is 0. The molecule has 2 spiro atoms. The predicted molar refractivity (Wildman–Crippen MR) is 221 cm³/mol. The molecule has 0 bridgehead atoms. The molecule has 12 rings (SSSR count). The highest BCUT2D eigenvalue weighted by Crippen LogP contribution is 2.67. The Morgan fingerprint density at radius 2 is 0.722 bits per heavy atom. The summed E-state index contributed by atoms with van der Waals surface area (Å²) in [5.41, 5.74) is 20.6. The van der Waals surface area contributed by atoms with Crippen LogP contribution in [0.3, 0.4) is 0 Å². The SMILES string of the molecule is c1cc(-c2ccc3c(c2)C2(c4ccccc4-3)c3ccccc3C3(c4ccccc4-c4ccccc43)c3ccccc32)cc(-c2ccc3ccccc3n2)c1. The third-order valence-electron chi connectivity index (χ3n) is 12.6. The van der Waals surface area contributed by atoms with Gasteiger partial charge in [-0.15, -0.1) is 0 Å². The maximum absolute atomic E-state index is 5.05. The first-order valence-electron chi connectivity index (χ1n) is 18.9. The van der Waals surface area contributed by atoms with Gasteiger partial charge in [0, 0.05) is 10.9 Å². The van der Waals surface area contributed by atoms with Crippen molar-refractivity contribution < 1.29 is 0 Å². The number of pyridine rings is 1. The Bertz CT molecular complexity index is 2930. The van der Waals surface area contributed by atoms with Crippen molar-refractivity contribution in [1.29, 1.82) is 0 Å². The van der Waals surface area contributed by atoms with E-state index in [9.17, 15) is 0 Å². The van der Waals surface area contributed by atoms with Crippen molar-refractivity contribution in [3.8, 4) is 44.6 Å². The molecule has 1 heterocycles. The Morgan fingerprint density at radius 3 is 1.31 bits per heavy atom. The van der Waals surface area contributed by atoms with Crippen LogP contribution in [0.15, 0.2) is 200 Å². The summed E-state index contributed by atoms with van der Waals surface area (Å²) in [5, 5.41) is 1.15. The van der Waals surface area contributed by atoms with Gasteiger partial charge in [0.25, 0.3) is 0 Å². The molecule has 250 valence electrons. The lowest BCUT2D eigenvalue weighted by atomic mass is 9.52. The third-order valence-corrected chi connectivity index (χ3v) is 12.6. The number of nitrogens with zero attached hydrogens (tertiary/aromatic N) is 1. The summed E-state index contributed by atoms with van der Waals surface area (Å²) in [7, 11) is 0. The van der Waals surface area contributed by atoms with Gasteiger partial charge in [-0.25, -0.2) is 4.98 Å². The summed E-state index contributed by atoms with van der Waals surface area (Å²) in [4.78, 5) is 5.05. The van der Waals surface area contributed by atoms with Gasteiger partial charge >= 0.3 is 0 Å². The first kappa shape index (κ1) is 29.7. The number of aromatic nitrogens is 1. The van der Waals surface area contributed by atoms with Gasteiger partial charge in [-0.1, -0.05) is 176 Å². The number of benzene rings is 8. The van der Waals surface area contributed by atoms with Crippen LogP contribution >= 0.6 is 0 Å². The molecule has 0 saturated heterocycles. The molecule has 0 atom stereocenters. The van der Waals surface area contributed by atoms with Gasteiger partial charge in [0.1, 0.15) is 0 Å². The Morgan fingerprint density at radius 1 is 0.278 bits per heavy atom. The summed E-state index contributed by atoms with van der Waals surface area (Å²) in [5.74, 6) is 0. The number of hydrogen-bond donors (Lipinski definition) is 0. The number of fused-ring (bicyclic) bond motifs is 17. The molecule has 0 amide bonds. The van der Waals surface area contributed by atoms with E-state index in [1.807, 2.05) is 0 Å². The van der Waals surface area contributed by atoms with Crippen LogP contribution in [-0.4, -0.2) is 4.98 Å². The molecule has 0 N–H and O–H groups in total. The maximum Gasteiger partial charge on any atom is 0.0720 e. The lowest BCUT2D eigenvalue weighted by Crippen LogP contribution is -2.43. The van der Waals surface area contributed by atoms with Gasteiger partial charge in [-0.2, -0.15) is 0 Å². The van der Waals surface area contributed by atoms with Crippen molar-refractivity contribution in [3.63, 3.8) is 0 Å². The lowest BCUT2D eigenvalue weighted by Gasteiger charge is -2.48. The zero-order chi connectivity index (χ0) is 35.4. The van der Waals surface area contributed by atoms with Crippen LogP contribution in [0.1, 0.15) is 44.5 Å². The second-order valence-electron chi connectivity index (χ2n) is 15.0. The van der Waals surface area contributed by atoms with Crippen molar-refractivity contribution in [2.75, 3.05) is 0 Å². The van der Waals surface area contributed by atoms with Crippen LogP contribution in [-0.2, 0) is 10.8 Å². The zero-order valence-corrected chi connectivity index (χ0v) is 29.5. The van der Waals surface area contributed by atoms with Crippen LogP contribution in [0.25, 0.3) is 55.5 Å². The first-order valence-corrected chi connectivity index (χ1v) is 18.9. The molecule has 1 heteroatoms. The standard InChI is InChI=1S/C53H33N/c1-12-27-50-34(14-1)29-31-51(54-50)37-16-13-15-35(32-37)36-28-30-41-40-19-4-7-22-44(40)53(49(41)33-36)47-25-10-8-23-45(47)52(46-24-9-11-26-48(46)53)42-20-5-2-17-38(42)39-18-3-6-21-43(39)52/h1-33H. The smallest absolute Gasteiger partial charge is 0.0720 e. The van der Waals surface area contributed by atoms with Crippen LogP contribution in [0.2, 0.25) is 0 Å². The topological polar surface area (TPSA) is 12.9 Å². The van der Waals surface area contributed by atoms with Crippen LogP contribution < -0.4 is 0 Å². The van der Waals surface area contributed by atoms with Crippen LogP contribution in [0, 0.1) is 0 Å². The minimum Gasteiger partial charge on any atom is -0.248 e. The second kappa shape index (κ2) is 10.9. The molecule has 8 aromatic carbocycles. The molecule has 0 fully saturated rings. The van der Waals surface area contributed by atoms with E-state index in [1.165, 1.54) is 77.9 Å². The molecule has 54 heavy (non-hydrogen) atoms. The highest BCUT2D eigenvalue weighted by atomic mass is 14.7. The number of rotatable bonds is 2. The highest BCUT2D eigenvalue weighted by Gasteiger charge is 2.58. The zero-order valence-electron chi connectivity index (χ0n) is 29.5. The van der Waals surface area contributed by atoms with E-state index < -0.39 is 10.8 Å². The van der Waals surface area contributed by atoms with Crippen LogP contribution in [0.4, 0.5) is 0 Å². The predicted octanol–water partition coefficient (Wildman–Crippen LogP) is 12.6. The third kappa shape index (κ3) is 3.66. The van der Waals surface area contributed by atoms with E-state index in [4.69, 9.17) is 4.98 Å². The molecule has 0 aliphatic heterocycles. The molecule has 3 aliphatic carbocycles. The van der Waals surface area contributed by atoms with Crippen molar-refractivity contribution >= 4 is 10.9 Å². The lowest BCUT2D eigenvalue weighted by molar-refractivity contribution is 0.633. The largest absolute Gasteiger partial charge is 0.248 e. The maximum atomic E-state index is 5.05. The minimum absolute atomic E-state index is 0.442. The summed E-state index contributed by atoms with van der Waals surface area (Å²) >= 11 is 0. The van der Waals surface area contributed by atoms with E-state index in [1.54, 1.807) is 0 Å². The summed E-state index contributed by atoms with van der Waals surface area (Å²) < 4.78 is 0. The fourth-order valence-electron chi connectivity index (χ4n) is 10.5. The number of hydrogen-bond acceptors (Lipinski definition) is 1. The van der Waals surface area contributed by atoms with E-state index in [-0.39, 0.29) is 0 Å². The van der Waals surface area contributed by atoms with Gasteiger partial charge in [-0.3, -0.25) is 0 Å². The van der Waals surface area contributed by atoms with Gasteiger partial charge in [0.2, 0.25) is 0 Å². The fourth-order valence-corrected chi connectivity index (χ4v) is 10.5. The van der Waals surface area contributed by atoms with Gasteiger partial charge in [0.05, 0.1) is 22.0 Å². The Hall–Kier alpha value is -6.83. The fraction of sp³-hybridized carbons (Fsp3) is 0.0377. The normalized spacial score (nSPS) is 14.6. The molecule has 1 aromatic heterocycles. The Balaban J connectivity index is 1.14. The van der Waals surface area contributed by atoms with E-state index in [0.717, 1.165) is 22.2 Å². The highest BCUT2D eigenvalue weighted by molar-refractivity contribution is 5.94. The van der Waals surface area contributed by atoms with E-state index in [2.05, 4.69) is 200 Å². The Kier molecular flexibility index (Phi) is 5.97. The van der Waals surface area contributed by atoms with Crippen LogP contribution in [0.5, 0.6) is 0 Å². The Labute approximate surface area is 314 Å². The van der Waals surface area contributed by atoms with Crippen molar-refractivity contribution in [2.24, 2.45) is 0 Å². The van der Waals surface area contributed by atoms with Gasteiger partial charge < -0.3 is 0 Å². The number of para-hydroxylation sites is 1. The molecule has 0 radical (unpaired) electrons. The first-order chi connectivity index (χ1) is 26.8. The van der Waals surface area contributed by atoms with Crippen molar-refractivity contribution in [2.45, 2.75) is 10.8 Å². The van der Waals surface area contributed by atoms with Gasteiger partial charge in [-0.05, 0) is 102 Å². The molecule has 1 nitrogen and oxygen atoms in total. The molecular formula is C53H33N. The summed E-state index contributed by atoms with van der Waals surface area (Å²) in [6.07, 6.45) is 0. The van der Waals surface area contributed by atoms with Crippen molar-refractivity contribution in [1.82, 2.24) is 4.98 Å². The molecule has 9 aromatic rings.